The number of aromatic nitrogens is 1. The molecule has 3 N–H and O–H groups in total. The smallest absolute Gasteiger partial charge is 0.245 e. The number of halogens is 1. The van der Waals surface area contributed by atoms with Gasteiger partial charge in [0.05, 0.1) is 4.47 Å². The molecule has 92 valence electrons. The quantitative estimate of drug-likeness (QED) is 0.863. The van der Waals surface area contributed by atoms with E-state index in [-0.39, 0.29) is 5.91 Å². The number of carbonyl (C=O) groups is 1. The molecule has 0 aromatic carbocycles. The first-order valence-corrected chi connectivity index (χ1v) is 6.20. The van der Waals surface area contributed by atoms with Crippen molar-refractivity contribution >= 4 is 27.7 Å². The lowest BCUT2D eigenvalue weighted by Gasteiger charge is -2.31. The first-order valence-electron chi connectivity index (χ1n) is 5.40. The number of nitrogens with zero attached hydrogens (tertiary/aromatic N) is 1. The number of ether oxygens (including phenoxy) is 1. The molecule has 1 aromatic heterocycles. The van der Waals surface area contributed by atoms with Crippen molar-refractivity contribution in [3.8, 4) is 0 Å². The van der Waals surface area contributed by atoms with Gasteiger partial charge in [0.2, 0.25) is 5.91 Å². The van der Waals surface area contributed by atoms with Gasteiger partial charge in [0.15, 0.2) is 0 Å². The fourth-order valence-corrected chi connectivity index (χ4v) is 2.03. The number of rotatable bonds is 2. The fourth-order valence-electron chi connectivity index (χ4n) is 1.67. The molecule has 17 heavy (non-hydrogen) atoms. The van der Waals surface area contributed by atoms with Crippen LogP contribution < -0.4 is 11.1 Å². The number of nitrogens with two attached hydrogens (primary N) is 1. The highest BCUT2D eigenvalue weighted by Crippen LogP contribution is 2.23. The summed E-state index contributed by atoms with van der Waals surface area (Å²) in [6.07, 6.45) is 2.68. The van der Waals surface area contributed by atoms with E-state index < -0.39 is 5.54 Å². The fraction of sp³-hybridized carbons (Fsp3) is 0.455. The second-order valence-electron chi connectivity index (χ2n) is 4.06. The Balaban J connectivity index is 2.08. The number of pyridine rings is 1. The molecule has 5 nitrogen and oxygen atoms in total. The van der Waals surface area contributed by atoms with E-state index in [4.69, 9.17) is 10.5 Å². The zero-order valence-electron chi connectivity index (χ0n) is 9.28. The molecule has 0 bridgehead atoms. The molecule has 0 unspecified atom stereocenters. The summed E-state index contributed by atoms with van der Waals surface area (Å²) in [5, 5.41) is 2.74. The van der Waals surface area contributed by atoms with Crippen molar-refractivity contribution in [3.05, 3.63) is 22.8 Å². The van der Waals surface area contributed by atoms with Gasteiger partial charge in [0.1, 0.15) is 11.4 Å². The van der Waals surface area contributed by atoms with Crippen LogP contribution in [0.25, 0.3) is 0 Å². The molecule has 0 aliphatic carbocycles. The molecule has 1 aliphatic heterocycles. The molecule has 0 radical (unpaired) electrons. The third-order valence-corrected chi connectivity index (χ3v) is 3.47. The average Bonchev–Trinajstić information content (AvgIpc) is 2.33. The molecular weight excluding hydrogens is 286 g/mol. The Hall–Kier alpha value is -0.980. The summed E-state index contributed by atoms with van der Waals surface area (Å²) >= 11 is 3.32. The lowest BCUT2D eigenvalue weighted by Crippen LogP contribution is -2.54. The summed E-state index contributed by atoms with van der Waals surface area (Å²) in [6.45, 7) is 1.04. The topological polar surface area (TPSA) is 77.2 Å². The monoisotopic (exact) mass is 299 g/mol. The molecule has 1 fully saturated rings. The van der Waals surface area contributed by atoms with Gasteiger partial charge in [-0.05, 0) is 40.9 Å². The van der Waals surface area contributed by atoms with Crippen molar-refractivity contribution in [1.82, 2.24) is 4.98 Å². The number of anilines is 1. The molecule has 6 heteroatoms. The van der Waals surface area contributed by atoms with Crippen LogP contribution in [0.2, 0.25) is 0 Å². The van der Waals surface area contributed by atoms with Gasteiger partial charge in [-0.2, -0.15) is 0 Å². The summed E-state index contributed by atoms with van der Waals surface area (Å²) in [4.78, 5) is 16.2. The van der Waals surface area contributed by atoms with Gasteiger partial charge in [0.25, 0.3) is 0 Å². The molecular formula is C11H14BrN3O2. The normalized spacial score (nSPS) is 18.7. The van der Waals surface area contributed by atoms with E-state index in [9.17, 15) is 4.79 Å². The first kappa shape index (κ1) is 12.5. The van der Waals surface area contributed by atoms with E-state index in [2.05, 4.69) is 26.2 Å². The van der Waals surface area contributed by atoms with Gasteiger partial charge >= 0.3 is 0 Å². The van der Waals surface area contributed by atoms with E-state index in [1.807, 2.05) is 6.07 Å². The Morgan fingerprint density at radius 3 is 2.88 bits per heavy atom. The van der Waals surface area contributed by atoms with Crippen molar-refractivity contribution in [2.24, 2.45) is 5.73 Å². The van der Waals surface area contributed by atoms with E-state index in [0.29, 0.717) is 31.9 Å². The summed E-state index contributed by atoms with van der Waals surface area (Å²) in [6, 6.07) is 3.60. The number of carbonyl (C=O) groups excluding carboxylic acids is 1. The van der Waals surface area contributed by atoms with Crippen LogP contribution in [0, 0.1) is 0 Å². The minimum Gasteiger partial charge on any atom is -0.381 e. The van der Waals surface area contributed by atoms with Crippen LogP contribution in [0.4, 0.5) is 5.82 Å². The first-order chi connectivity index (χ1) is 8.12. The molecule has 0 spiro atoms. The van der Waals surface area contributed by atoms with E-state index >= 15 is 0 Å². The van der Waals surface area contributed by atoms with Crippen molar-refractivity contribution in [2.75, 3.05) is 18.5 Å². The Morgan fingerprint density at radius 2 is 2.24 bits per heavy atom. The Labute approximate surface area is 108 Å². The van der Waals surface area contributed by atoms with E-state index in [1.165, 1.54) is 0 Å². The van der Waals surface area contributed by atoms with Crippen molar-refractivity contribution in [2.45, 2.75) is 18.4 Å². The molecule has 0 saturated carbocycles. The van der Waals surface area contributed by atoms with Crippen LogP contribution in [0.15, 0.2) is 22.8 Å². The molecule has 2 heterocycles. The van der Waals surface area contributed by atoms with Crippen LogP contribution in [0.1, 0.15) is 12.8 Å². The lowest BCUT2D eigenvalue weighted by atomic mass is 9.90. The maximum Gasteiger partial charge on any atom is 0.245 e. The molecule has 1 aliphatic rings. The van der Waals surface area contributed by atoms with Crippen molar-refractivity contribution in [3.63, 3.8) is 0 Å². The third-order valence-electron chi connectivity index (χ3n) is 2.83. The van der Waals surface area contributed by atoms with E-state index in [1.54, 1.807) is 12.3 Å². The standard InChI is InChI=1S/C11H14BrN3O2/c12-8-2-1-5-14-9(8)15-10(16)11(13)3-6-17-7-4-11/h1-2,5H,3-4,6-7,13H2,(H,14,15,16). The maximum absolute atomic E-state index is 12.1. The molecule has 1 saturated heterocycles. The van der Waals surface area contributed by atoms with Gasteiger partial charge in [-0.1, -0.05) is 0 Å². The maximum atomic E-state index is 12.1. The number of amides is 1. The highest BCUT2D eigenvalue weighted by molar-refractivity contribution is 9.10. The van der Waals surface area contributed by atoms with Gasteiger partial charge in [-0.15, -0.1) is 0 Å². The molecule has 0 atom stereocenters. The second-order valence-corrected chi connectivity index (χ2v) is 4.91. The van der Waals surface area contributed by atoms with Crippen LogP contribution >= 0.6 is 15.9 Å². The SMILES string of the molecule is NC1(C(=O)Nc2ncccc2Br)CCOCC1. The van der Waals surface area contributed by atoms with Gasteiger partial charge < -0.3 is 15.8 Å². The summed E-state index contributed by atoms with van der Waals surface area (Å²) < 4.78 is 5.94. The summed E-state index contributed by atoms with van der Waals surface area (Å²) in [5.41, 5.74) is 5.21. The Morgan fingerprint density at radius 1 is 1.53 bits per heavy atom. The zero-order valence-corrected chi connectivity index (χ0v) is 10.9. The summed E-state index contributed by atoms with van der Waals surface area (Å²) in [5.74, 6) is 0.286. The molecule has 1 amide bonds. The number of nitrogens with one attached hydrogen (secondary N) is 1. The largest absolute Gasteiger partial charge is 0.381 e. The minimum atomic E-state index is -0.852. The highest BCUT2D eigenvalue weighted by atomic mass is 79.9. The van der Waals surface area contributed by atoms with Gasteiger partial charge in [-0.3, -0.25) is 4.79 Å². The highest BCUT2D eigenvalue weighted by Gasteiger charge is 2.36. The van der Waals surface area contributed by atoms with Crippen LogP contribution in [-0.2, 0) is 9.53 Å². The predicted molar refractivity (Wildman–Crippen MR) is 67.5 cm³/mol. The third kappa shape index (κ3) is 2.83. The number of hydrogen-bond acceptors (Lipinski definition) is 4. The lowest BCUT2D eigenvalue weighted by molar-refractivity contribution is -0.124. The van der Waals surface area contributed by atoms with Crippen molar-refractivity contribution in [1.29, 1.82) is 0 Å². The van der Waals surface area contributed by atoms with Crippen molar-refractivity contribution < 1.29 is 9.53 Å². The Bertz CT molecular complexity index is 419. The second kappa shape index (κ2) is 5.12. The number of hydrogen-bond donors (Lipinski definition) is 2. The average molecular weight is 300 g/mol. The van der Waals surface area contributed by atoms with Gasteiger partial charge in [0, 0.05) is 19.4 Å². The summed E-state index contributed by atoms with van der Waals surface area (Å²) in [7, 11) is 0. The minimum absolute atomic E-state index is 0.208. The Kier molecular flexibility index (Phi) is 3.76. The predicted octanol–water partition coefficient (Wildman–Crippen LogP) is 1.29. The molecule has 2 rings (SSSR count). The van der Waals surface area contributed by atoms with Crippen LogP contribution in [0.3, 0.4) is 0 Å². The van der Waals surface area contributed by atoms with Crippen LogP contribution in [-0.4, -0.2) is 29.6 Å². The molecule has 1 aromatic rings. The van der Waals surface area contributed by atoms with E-state index in [0.717, 1.165) is 4.47 Å². The van der Waals surface area contributed by atoms with Gasteiger partial charge in [-0.25, -0.2) is 4.98 Å². The van der Waals surface area contributed by atoms with Crippen LogP contribution in [0.5, 0.6) is 0 Å². The zero-order chi connectivity index (χ0) is 12.3.